The monoisotopic (exact) mass is 269 g/mol. The molecule has 0 saturated carbocycles. The molecule has 0 radical (unpaired) electrons. The van der Waals surface area contributed by atoms with Gasteiger partial charge in [-0.15, -0.1) is 0 Å². The van der Waals surface area contributed by atoms with E-state index in [1.165, 1.54) is 12.1 Å². The molecule has 0 aliphatic rings. The summed E-state index contributed by atoms with van der Waals surface area (Å²) < 4.78 is 37.3. The van der Waals surface area contributed by atoms with E-state index in [9.17, 15) is 18.0 Å². The Labute approximate surface area is 107 Å². The average molecular weight is 269 g/mol. The van der Waals surface area contributed by atoms with Crippen molar-refractivity contribution >= 4 is 12.4 Å². The Morgan fingerprint density at radius 1 is 1.32 bits per heavy atom. The number of alkyl halides is 3. The van der Waals surface area contributed by atoms with E-state index in [4.69, 9.17) is 5.53 Å². The summed E-state index contributed by atoms with van der Waals surface area (Å²) in [7, 11) is 0. The molecule has 0 amide bonds. The van der Waals surface area contributed by atoms with Crippen molar-refractivity contribution in [3.8, 4) is 0 Å². The van der Waals surface area contributed by atoms with Crippen LogP contribution in [0.4, 0.5) is 13.2 Å². The number of hydrogen-bond donors (Lipinski definition) is 0. The molecule has 4 nitrogen and oxygen atoms in total. The van der Waals surface area contributed by atoms with Crippen molar-refractivity contribution in [2.45, 2.75) is 12.6 Å². The van der Waals surface area contributed by atoms with E-state index in [0.717, 1.165) is 12.1 Å². The first-order chi connectivity index (χ1) is 8.99. The highest BCUT2D eigenvalue weighted by Crippen LogP contribution is 2.30. The van der Waals surface area contributed by atoms with Crippen LogP contribution in [0.15, 0.2) is 29.4 Å². The van der Waals surface area contributed by atoms with E-state index < -0.39 is 11.7 Å². The van der Waals surface area contributed by atoms with E-state index in [0.29, 0.717) is 18.3 Å². The average Bonchev–Trinajstić information content (AvgIpc) is 2.37. The number of carbonyl (C=O) groups excluding carboxylic acids is 1. The van der Waals surface area contributed by atoms with Crippen molar-refractivity contribution in [3.63, 3.8) is 0 Å². The van der Waals surface area contributed by atoms with Gasteiger partial charge in [0, 0.05) is 17.0 Å². The molecule has 0 saturated heterocycles. The van der Waals surface area contributed by atoms with E-state index in [-0.39, 0.29) is 12.1 Å². The Balaban J connectivity index is 2.90. The van der Waals surface area contributed by atoms with E-state index >= 15 is 0 Å². The smallest absolute Gasteiger partial charge is 0.298 e. The van der Waals surface area contributed by atoms with E-state index in [2.05, 4.69) is 10.0 Å². The molecule has 0 unspecified atom stereocenters. The van der Waals surface area contributed by atoms with Crippen LogP contribution in [0.1, 0.15) is 27.9 Å². The van der Waals surface area contributed by atoms with Gasteiger partial charge >= 0.3 is 6.18 Å². The van der Waals surface area contributed by atoms with Crippen molar-refractivity contribution in [3.05, 3.63) is 51.4 Å². The minimum Gasteiger partial charge on any atom is -0.298 e. The lowest BCUT2D eigenvalue weighted by atomic mass is 10.0. The standard InChI is InChI=1S/C12H10F3N3O/c13-12(14,15)11-5-4-9(10(7-11)8-19)3-1-2-6-17-18-16/h1,3-5,7-8H,2,6H2. The van der Waals surface area contributed by atoms with Gasteiger partial charge in [-0.25, -0.2) is 0 Å². The lowest BCUT2D eigenvalue weighted by Crippen LogP contribution is -2.05. The Morgan fingerprint density at radius 3 is 2.63 bits per heavy atom. The lowest BCUT2D eigenvalue weighted by Gasteiger charge is -2.08. The Kier molecular flexibility index (Phi) is 5.14. The van der Waals surface area contributed by atoms with Crippen LogP contribution in [0.2, 0.25) is 0 Å². The summed E-state index contributed by atoms with van der Waals surface area (Å²) in [5.74, 6) is 0. The minimum atomic E-state index is -4.47. The van der Waals surface area contributed by atoms with Gasteiger partial charge in [0.05, 0.1) is 5.56 Å². The maximum Gasteiger partial charge on any atom is 0.416 e. The third-order valence-corrected chi connectivity index (χ3v) is 2.30. The molecule has 0 aromatic heterocycles. The molecule has 1 rings (SSSR count). The molecule has 100 valence electrons. The summed E-state index contributed by atoms with van der Waals surface area (Å²) in [6, 6.07) is 2.96. The van der Waals surface area contributed by atoms with Gasteiger partial charge in [-0.1, -0.05) is 23.3 Å². The topological polar surface area (TPSA) is 65.8 Å². The summed E-state index contributed by atoms with van der Waals surface area (Å²) >= 11 is 0. The Bertz CT molecular complexity index is 532. The molecule has 0 N–H and O–H groups in total. The molecule has 0 aliphatic carbocycles. The van der Waals surface area contributed by atoms with Crippen molar-refractivity contribution < 1.29 is 18.0 Å². The van der Waals surface area contributed by atoms with Crippen molar-refractivity contribution in [1.29, 1.82) is 0 Å². The highest BCUT2D eigenvalue weighted by atomic mass is 19.4. The van der Waals surface area contributed by atoms with Gasteiger partial charge in [-0.05, 0) is 29.6 Å². The van der Waals surface area contributed by atoms with Crippen LogP contribution in [-0.2, 0) is 6.18 Å². The van der Waals surface area contributed by atoms with Gasteiger partial charge in [0.1, 0.15) is 0 Å². The Hall–Kier alpha value is -2.27. The zero-order valence-corrected chi connectivity index (χ0v) is 9.76. The third kappa shape index (κ3) is 4.48. The maximum absolute atomic E-state index is 12.4. The predicted octanol–water partition coefficient (Wildman–Crippen LogP) is 4.23. The fourth-order valence-corrected chi connectivity index (χ4v) is 1.39. The molecule has 0 fully saturated rings. The van der Waals surface area contributed by atoms with Gasteiger partial charge in [0.15, 0.2) is 6.29 Å². The number of aldehydes is 1. The third-order valence-electron chi connectivity index (χ3n) is 2.30. The number of azide groups is 1. The molecule has 0 heterocycles. The first kappa shape index (κ1) is 14.8. The van der Waals surface area contributed by atoms with Crippen molar-refractivity contribution in [2.75, 3.05) is 6.54 Å². The maximum atomic E-state index is 12.4. The van der Waals surface area contributed by atoms with Crippen LogP contribution in [0.25, 0.3) is 16.5 Å². The molecular weight excluding hydrogens is 259 g/mol. The number of hydrogen-bond acceptors (Lipinski definition) is 2. The summed E-state index contributed by atoms with van der Waals surface area (Å²) in [5, 5.41) is 3.30. The molecule has 19 heavy (non-hydrogen) atoms. The van der Waals surface area contributed by atoms with Crippen LogP contribution in [-0.4, -0.2) is 12.8 Å². The number of carbonyl (C=O) groups is 1. The normalized spacial score (nSPS) is 11.3. The molecule has 0 spiro atoms. The summed E-state index contributed by atoms with van der Waals surface area (Å²) in [4.78, 5) is 13.3. The lowest BCUT2D eigenvalue weighted by molar-refractivity contribution is -0.137. The highest BCUT2D eigenvalue weighted by molar-refractivity contribution is 5.82. The number of halogens is 3. The summed E-state index contributed by atoms with van der Waals surface area (Å²) in [6.07, 6.45) is -0.492. The van der Waals surface area contributed by atoms with Gasteiger partial charge in [-0.2, -0.15) is 13.2 Å². The second kappa shape index (κ2) is 6.61. The molecule has 1 aromatic carbocycles. The van der Waals surface area contributed by atoms with Gasteiger partial charge < -0.3 is 0 Å². The molecule has 0 bridgehead atoms. The Morgan fingerprint density at radius 2 is 2.05 bits per heavy atom. The van der Waals surface area contributed by atoms with Crippen molar-refractivity contribution in [2.24, 2.45) is 5.11 Å². The second-order valence-corrected chi connectivity index (χ2v) is 3.60. The quantitative estimate of drug-likeness (QED) is 0.259. The molecule has 1 aromatic rings. The summed E-state index contributed by atoms with van der Waals surface area (Å²) in [6.45, 7) is 0.254. The fourth-order valence-electron chi connectivity index (χ4n) is 1.39. The summed E-state index contributed by atoms with van der Waals surface area (Å²) in [5.41, 5.74) is 7.55. The van der Waals surface area contributed by atoms with Crippen molar-refractivity contribution in [1.82, 2.24) is 0 Å². The van der Waals surface area contributed by atoms with E-state index in [1.807, 2.05) is 0 Å². The molecule has 7 heteroatoms. The van der Waals surface area contributed by atoms with Gasteiger partial charge in [-0.3, -0.25) is 4.79 Å². The van der Waals surface area contributed by atoms with E-state index in [1.54, 1.807) is 6.08 Å². The zero-order chi connectivity index (χ0) is 14.3. The van der Waals surface area contributed by atoms with Crippen LogP contribution in [0.3, 0.4) is 0 Å². The number of benzene rings is 1. The second-order valence-electron chi connectivity index (χ2n) is 3.60. The molecular formula is C12H10F3N3O. The predicted molar refractivity (Wildman–Crippen MR) is 64.5 cm³/mol. The largest absolute Gasteiger partial charge is 0.416 e. The van der Waals surface area contributed by atoms with Crippen LogP contribution < -0.4 is 0 Å². The highest BCUT2D eigenvalue weighted by Gasteiger charge is 2.30. The first-order valence-electron chi connectivity index (χ1n) is 5.33. The number of rotatable bonds is 5. The van der Waals surface area contributed by atoms with Crippen LogP contribution in [0.5, 0.6) is 0 Å². The molecule has 0 atom stereocenters. The minimum absolute atomic E-state index is 0.0325. The SMILES string of the molecule is [N-]=[N+]=NCCC=Cc1ccc(C(F)(F)F)cc1C=O. The van der Waals surface area contributed by atoms with Gasteiger partial charge in [0.25, 0.3) is 0 Å². The number of nitrogens with zero attached hydrogens (tertiary/aromatic N) is 3. The van der Waals surface area contributed by atoms with Gasteiger partial charge in [0.2, 0.25) is 0 Å². The molecule has 0 aliphatic heterocycles. The fraction of sp³-hybridized carbons (Fsp3) is 0.250. The van der Waals surface area contributed by atoms with Crippen LogP contribution >= 0.6 is 0 Å². The first-order valence-corrected chi connectivity index (χ1v) is 5.33. The zero-order valence-electron chi connectivity index (χ0n) is 9.76. The van der Waals surface area contributed by atoms with Crippen LogP contribution in [0, 0.1) is 0 Å².